The number of fused-ring (bicyclic) bond motifs is 1. The number of rotatable bonds is 7. The van der Waals surface area contributed by atoms with Crippen LogP contribution in [-0.2, 0) is 9.47 Å². The lowest BCUT2D eigenvalue weighted by molar-refractivity contribution is 0.0437. The van der Waals surface area contributed by atoms with Crippen LogP contribution in [0.25, 0.3) is 0 Å². The Labute approximate surface area is 130 Å². The molecule has 0 aromatic heterocycles. The predicted octanol–water partition coefficient (Wildman–Crippen LogP) is 2.56. The molecule has 22 heavy (non-hydrogen) atoms. The molecule has 1 atom stereocenters. The quantitative estimate of drug-likeness (QED) is 0.721. The van der Waals surface area contributed by atoms with Gasteiger partial charge in [0.1, 0.15) is 22.8 Å². The number of ether oxygens (including phenoxy) is 5. The van der Waals surface area contributed by atoms with Crippen LogP contribution in [0.2, 0.25) is 0 Å². The molecule has 122 valence electrons. The summed E-state index contributed by atoms with van der Waals surface area (Å²) >= 11 is 0. The van der Waals surface area contributed by atoms with Crippen LogP contribution in [0.1, 0.15) is 29.3 Å². The number of benzene rings is 1. The average molecular weight is 310 g/mol. The fourth-order valence-corrected chi connectivity index (χ4v) is 2.40. The molecule has 0 fully saturated rings. The first-order chi connectivity index (χ1) is 10.6. The van der Waals surface area contributed by atoms with E-state index in [4.69, 9.17) is 23.7 Å². The van der Waals surface area contributed by atoms with Crippen LogP contribution >= 0.6 is 0 Å². The van der Waals surface area contributed by atoms with Gasteiger partial charge in [-0.05, 0) is 13.3 Å². The Kier molecular flexibility index (Phi) is 5.63. The van der Waals surface area contributed by atoms with Gasteiger partial charge in [-0.25, -0.2) is 0 Å². The zero-order valence-corrected chi connectivity index (χ0v) is 13.4. The monoisotopic (exact) mass is 310 g/mol. The third-order valence-electron chi connectivity index (χ3n) is 3.65. The summed E-state index contributed by atoms with van der Waals surface area (Å²) in [5.74, 6) is 1.39. The highest BCUT2D eigenvalue weighted by Crippen LogP contribution is 2.43. The predicted molar refractivity (Wildman–Crippen MR) is 79.8 cm³/mol. The molecule has 1 heterocycles. The van der Waals surface area contributed by atoms with E-state index in [0.29, 0.717) is 29.4 Å². The summed E-state index contributed by atoms with van der Waals surface area (Å²) in [5, 5.41) is 0. The summed E-state index contributed by atoms with van der Waals surface area (Å²) in [4.78, 5) is 12.6. The molecule has 1 aromatic carbocycles. The molecule has 0 radical (unpaired) electrons. The SMILES string of the molecule is CCC1COc2c(C)c(OCOC)cc(OCOC)c2C1=O. The molecular formula is C16H22O6. The minimum atomic E-state index is -0.150. The van der Waals surface area contributed by atoms with Crippen LogP contribution in [-0.4, -0.2) is 40.2 Å². The van der Waals surface area contributed by atoms with Gasteiger partial charge in [0.2, 0.25) is 0 Å². The maximum Gasteiger partial charge on any atom is 0.188 e. The second-order valence-electron chi connectivity index (χ2n) is 5.08. The molecule has 0 amide bonds. The van der Waals surface area contributed by atoms with Crippen molar-refractivity contribution in [3.8, 4) is 17.2 Å². The third kappa shape index (κ3) is 3.18. The fraction of sp³-hybridized carbons (Fsp3) is 0.562. The summed E-state index contributed by atoms with van der Waals surface area (Å²) in [6, 6.07) is 1.69. The average Bonchev–Trinajstić information content (AvgIpc) is 2.53. The number of methoxy groups -OCH3 is 2. The number of Topliss-reactive ketones (excluding diaryl/α,β-unsaturated/α-hetero) is 1. The first-order valence-electron chi connectivity index (χ1n) is 7.22. The zero-order chi connectivity index (χ0) is 16.1. The topological polar surface area (TPSA) is 63.2 Å². The molecule has 1 aromatic rings. The second-order valence-corrected chi connectivity index (χ2v) is 5.08. The van der Waals surface area contributed by atoms with E-state index < -0.39 is 0 Å². The molecule has 2 rings (SSSR count). The largest absolute Gasteiger partial charge is 0.491 e. The van der Waals surface area contributed by atoms with Gasteiger partial charge in [-0.1, -0.05) is 6.92 Å². The molecular weight excluding hydrogens is 288 g/mol. The summed E-state index contributed by atoms with van der Waals surface area (Å²) in [6.07, 6.45) is 0.725. The van der Waals surface area contributed by atoms with Crippen molar-refractivity contribution in [2.75, 3.05) is 34.4 Å². The lowest BCUT2D eigenvalue weighted by atomic mass is 9.90. The number of carbonyl (C=O) groups is 1. The highest BCUT2D eigenvalue weighted by Gasteiger charge is 2.33. The Hall–Kier alpha value is -1.79. The Bertz CT molecular complexity index is 540. The van der Waals surface area contributed by atoms with E-state index in [1.807, 2.05) is 13.8 Å². The van der Waals surface area contributed by atoms with Gasteiger partial charge >= 0.3 is 0 Å². The highest BCUT2D eigenvalue weighted by molar-refractivity contribution is 6.04. The molecule has 0 saturated heterocycles. The van der Waals surface area contributed by atoms with Gasteiger partial charge in [-0.2, -0.15) is 0 Å². The molecule has 0 saturated carbocycles. The summed E-state index contributed by atoms with van der Waals surface area (Å²) in [6.45, 7) is 4.35. The van der Waals surface area contributed by atoms with Crippen LogP contribution in [0, 0.1) is 12.8 Å². The van der Waals surface area contributed by atoms with Crippen molar-refractivity contribution in [2.45, 2.75) is 20.3 Å². The number of hydrogen-bond acceptors (Lipinski definition) is 6. The van der Waals surface area contributed by atoms with Crippen molar-refractivity contribution in [3.63, 3.8) is 0 Å². The minimum Gasteiger partial charge on any atom is -0.491 e. The summed E-state index contributed by atoms with van der Waals surface area (Å²) < 4.78 is 26.7. The first-order valence-corrected chi connectivity index (χ1v) is 7.22. The van der Waals surface area contributed by atoms with Crippen LogP contribution in [0.3, 0.4) is 0 Å². The molecule has 1 unspecified atom stereocenters. The van der Waals surface area contributed by atoms with Gasteiger partial charge in [-0.3, -0.25) is 4.79 Å². The molecule has 0 spiro atoms. The Morgan fingerprint density at radius 2 is 1.82 bits per heavy atom. The Morgan fingerprint density at radius 3 is 2.41 bits per heavy atom. The van der Waals surface area contributed by atoms with Crippen molar-refractivity contribution in [2.24, 2.45) is 5.92 Å². The summed E-state index contributed by atoms with van der Waals surface area (Å²) in [5.41, 5.74) is 1.23. The van der Waals surface area contributed by atoms with Gasteiger partial charge in [0.25, 0.3) is 0 Å². The van der Waals surface area contributed by atoms with E-state index in [2.05, 4.69) is 0 Å². The lowest BCUT2D eigenvalue weighted by Crippen LogP contribution is -2.28. The van der Waals surface area contributed by atoms with Crippen LogP contribution < -0.4 is 14.2 Å². The van der Waals surface area contributed by atoms with Crippen LogP contribution in [0.5, 0.6) is 17.2 Å². The van der Waals surface area contributed by atoms with Crippen LogP contribution in [0.4, 0.5) is 0 Å². The fourth-order valence-electron chi connectivity index (χ4n) is 2.40. The highest BCUT2D eigenvalue weighted by atomic mass is 16.7. The van der Waals surface area contributed by atoms with Crippen molar-refractivity contribution in [3.05, 3.63) is 17.2 Å². The molecule has 0 bridgehead atoms. The minimum absolute atomic E-state index is 0.0382. The number of carbonyl (C=O) groups excluding carboxylic acids is 1. The van der Waals surface area contributed by atoms with Gasteiger partial charge in [0.05, 0.1) is 12.5 Å². The molecule has 6 nitrogen and oxygen atoms in total. The van der Waals surface area contributed by atoms with E-state index in [-0.39, 0.29) is 25.3 Å². The normalized spacial score (nSPS) is 16.9. The van der Waals surface area contributed by atoms with Crippen molar-refractivity contribution >= 4 is 5.78 Å². The first kappa shape index (κ1) is 16.6. The van der Waals surface area contributed by atoms with Gasteiger partial charge < -0.3 is 23.7 Å². The molecule has 1 aliphatic rings. The number of hydrogen-bond donors (Lipinski definition) is 0. The number of ketones is 1. The third-order valence-corrected chi connectivity index (χ3v) is 3.65. The smallest absolute Gasteiger partial charge is 0.188 e. The van der Waals surface area contributed by atoms with Crippen LogP contribution in [0.15, 0.2) is 6.07 Å². The molecule has 6 heteroatoms. The summed E-state index contributed by atoms with van der Waals surface area (Å²) in [7, 11) is 3.07. The van der Waals surface area contributed by atoms with Crippen molar-refractivity contribution in [1.29, 1.82) is 0 Å². The second kappa shape index (κ2) is 7.47. The van der Waals surface area contributed by atoms with E-state index in [0.717, 1.165) is 12.0 Å². The zero-order valence-electron chi connectivity index (χ0n) is 13.4. The Balaban J connectivity index is 2.47. The lowest BCUT2D eigenvalue weighted by Gasteiger charge is -2.27. The maximum atomic E-state index is 12.6. The molecule has 1 aliphatic heterocycles. The van der Waals surface area contributed by atoms with E-state index in [1.165, 1.54) is 7.11 Å². The maximum absolute atomic E-state index is 12.6. The Morgan fingerprint density at radius 1 is 1.18 bits per heavy atom. The van der Waals surface area contributed by atoms with Crippen molar-refractivity contribution in [1.82, 2.24) is 0 Å². The van der Waals surface area contributed by atoms with Gasteiger partial charge in [-0.15, -0.1) is 0 Å². The van der Waals surface area contributed by atoms with Gasteiger partial charge in [0.15, 0.2) is 19.4 Å². The van der Waals surface area contributed by atoms with Crippen molar-refractivity contribution < 1.29 is 28.5 Å². The molecule has 0 aliphatic carbocycles. The standard InChI is InChI=1S/C16H22O6/c1-5-11-7-20-16-10(2)12(21-8-18-3)6-13(22-9-19-4)14(16)15(11)17/h6,11H,5,7-9H2,1-4H3. The van der Waals surface area contributed by atoms with E-state index in [1.54, 1.807) is 13.2 Å². The van der Waals surface area contributed by atoms with E-state index >= 15 is 0 Å². The molecule has 0 N–H and O–H groups in total. The van der Waals surface area contributed by atoms with Gasteiger partial charge in [0, 0.05) is 25.8 Å². The van der Waals surface area contributed by atoms with E-state index in [9.17, 15) is 4.79 Å².